The minimum Gasteiger partial charge on any atom is -0.298 e. The first-order chi connectivity index (χ1) is 8.15. The zero-order valence-corrected chi connectivity index (χ0v) is 12.3. The maximum atomic E-state index is 4.44. The summed E-state index contributed by atoms with van der Waals surface area (Å²) in [6, 6.07) is 4.92. The summed E-state index contributed by atoms with van der Waals surface area (Å²) >= 11 is 3.42. The number of halogens is 1. The largest absolute Gasteiger partial charge is 0.298 e. The van der Waals surface area contributed by atoms with Gasteiger partial charge in [-0.2, -0.15) is 0 Å². The van der Waals surface area contributed by atoms with E-state index in [1.54, 1.807) is 0 Å². The van der Waals surface area contributed by atoms with Crippen molar-refractivity contribution >= 4 is 15.9 Å². The summed E-state index contributed by atoms with van der Waals surface area (Å²) < 4.78 is 1.05. The number of rotatable bonds is 3. The van der Waals surface area contributed by atoms with E-state index in [9.17, 15) is 0 Å². The van der Waals surface area contributed by atoms with Crippen LogP contribution in [0.5, 0.6) is 0 Å². The third-order valence-electron chi connectivity index (χ3n) is 3.81. The highest BCUT2D eigenvalue weighted by Gasteiger charge is 2.21. The van der Waals surface area contributed by atoms with Gasteiger partial charge in [-0.1, -0.05) is 6.92 Å². The molecule has 17 heavy (non-hydrogen) atoms. The Morgan fingerprint density at radius 1 is 1.29 bits per heavy atom. The normalized spacial score (nSPS) is 25.2. The second-order valence-electron chi connectivity index (χ2n) is 5.30. The molecule has 94 valence electrons. The second kappa shape index (κ2) is 5.96. The molecule has 1 aromatic rings. The van der Waals surface area contributed by atoms with Crippen molar-refractivity contribution in [2.75, 3.05) is 7.05 Å². The maximum absolute atomic E-state index is 4.44. The van der Waals surface area contributed by atoms with E-state index >= 15 is 0 Å². The zero-order chi connectivity index (χ0) is 12.3. The van der Waals surface area contributed by atoms with E-state index in [4.69, 9.17) is 0 Å². The molecule has 0 amide bonds. The van der Waals surface area contributed by atoms with Gasteiger partial charge < -0.3 is 0 Å². The molecule has 0 aromatic carbocycles. The molecule has 0 atom stereocenters. The predicted octanol–water partition coefficient (Wildman–Crippen LogP) is 3.85. The summed E-state index contributed by atoms with van der Waals surface area (Å²) in [5.41, 5.74) is 1.16. The number of aromatic nitrogens is 1. The highest BCUT2D eigenvalue weighted by atomic mass is 79.9. The fraction of sp³-hybridized carbons (Fsp3) is 0.643. The third-order valence-corrected chi connectivity index (χ3v) is 4.28. The molecule has 0 N–H and O–H groups in total. The van der Waals surface area contributed by atoms with Crippen LogP contribution in [-0.2, 0) is 6.54 Å². The fourth-order valence-corrected chi connectivity index (χ4v) is 2.80. The van der Waals surface area contributed by atoms with Crippen LogP contribution in [0.2, 0.25) is 0 Å². The molecule has 0 bridgehead atoms. The molecular formula is C14H21BrN2. The first-order valence-corrected chi connectivity index (χ1v) is 7.25. The minimum absolute atomic E-state index is 0.747. The van der Waals surface area contributed by atoms with Gasteiger partial charge in [-0.3, -0.25) is 9.88 Å². The molecule has 0 saturated heterocycles. The first kappa shape index (κ1) is 13.0. The maximum Gasteiger partial charge on any atom is 0.0544 e. The molecule has 1 aromatic heterocycles. The molecule has 0 aliphatic heterocycles. The SMILES string of the molecule is CC1CCC(N(C)Cc2ccc(Br)cn2)CC1. The molecule has 1 fully saturated rings. The Morgan fingerprint density at radius 3 is 2.59 bits per heavy atom. The Balaban J connectivity index is 1.88. The van der Waals surface area contributed by atoms with Crippen molar-refractivity contribution in [2.45, 2.75) is 45.2 Å². The van der Waals surface area contributed by atoms with Gasteiger partial charge in [0.2, 0.25) is 0 Å². The number of pyridine rings is 1. The van der Waals surface area contributed by atoms with Crippen LogP contribution in [0.25, 0.3) is 0 Å². The highest BCUT2D eigenvalue weighted by Crippen LogP contribution is 2.27. The van der Waals surface area contributed by atoms with Crippen molar-refractivity contribution in [3.8, 4) is 0 Å². The van der Waals surface area contributed by atoms with Crippen molar-refractivity contribution in [3.05, 3.63) is 28.5 Å². The molecule has 0 unspecified atom stereocenters. The van der Waals surface area contributed by atoms with Crippen molar-refractivity contribution in [1.82, 2.24) is 9.88 Å². The Kier molecular flexibility index (Phi) is 4.57. The second-order valence-corrected chi connectivity index (χ2v) is 6.21. The smallest absolute Gasteiger partial charge is 0.0544 e. The molecule has 1 heterocycles. The van der Waals surface area contributed by atoms with Crippen molar-refractivity contribution < 1.29 is 0 Å². The Bertz CT molecular complexity index is 342. The highest BCUT2D eigenvalue weighted by molar-refractivity contribution is 9.10. The van der Waals surface area contributed by atoms with Crippen LogP contribution in [0.3, 0.4) is 0 Å². The van der Waals surface area contributed by atoms with Gasteiger partial charge >= 0.3 is 0 Å². The summed E-state index contributed by atoms with van der Waals surface area (Å²) in [6.45, 7) is 3.33. The van der Waals surface area contributed by atoms with E-state index in [1.807, 2.05) is 6.20 Å². The topological polar surface area (TPSA) is 16.1 Å². The lowest BCUT2D eigenvalue weighted by molar-refractivity contribution is 0.162. The quantitative estimate of drug-likeness (QED) is 0.842. The first-order valence-electron chi connectivity index (χ1n) is 6.46. The van der Waals surface area contributed by atoms with Crippen LogP contribution >= 0.6 is 15.9 Å². The summed E-state index contributed by atoms with van der Waals surface area (Å²) in [7, 11) is 2.23. The van der Waals surface area contributed by atoms with Crippen LogP contribution in [0.4, 0.5) is 0 Å². The van der Waals surface area contributed by atoms with Gasteiger partial charge in [0.15, 0.2) is 0 Å². The Labute approximate surface area is 113 Å². The summed E-state index contributed by atoms with van der Waals surface area (Å²) in [5, 5.41) is 0. The lowest BCUT2D eigenvalue weighted by Crippen LogP contribution is -2.34. The lowest BCUT2D eigenvalue weighted by atomic mass is 9.87. The molecule has 1 aliphatic rings. The Morgan fingerprint density at radius 2 is 2.00 bits per heavy atom. The average molecular weight is 297 g/mol. The summed E-state index contributed by atoms with van der Waals surface area (Å²) in [4.78, 5) is 6.90. The van der Waals surface area contributed by atoms with Gasteiger partial charge in [-0.25, -0.2) is 0 Å². The molecule has 0 radical (unpaired) electrons. The van der Waals surface area contributed by atoms with Crippen LogP contribution in [0.15, 0.2) is 22.8 Å². The standard InChI is InChI=1S/C14H21BrN2/c1-11-3-7-14(8-4-11)17(2)10-13-6-5-12(15)9-16-13/h5-6,9,11,14H,3-4,7-8,10H2,1-2H3. The predicted molar refractivity (Wildman–Crippen MR) is 74.8 cm³/mol. The fourth-order valence-electron chi connectivity index (χ4n) is 2.57. The van der Waals surface area contributed by atoms with Crippen LogP contribution in [0, 0.1) is 5.92 Å². The van der Waals surface area contributed by atoms with E-state index in [1.165, 1.54) is 25.7 Å². The number of hydrogen-bond donors (Lipinski definition) is 0. The van der Waals surface area contributed by atoms with Gasteiger partial charge in [0, 0.05) is 23.3 Å². The van der Waals surface area contributed by atoms with Crippen molar-refractivity contribution in [2.24, 2.45) is 5.92 Å². The van der Waals surface area contributed by atoms with Gasteiger partial charge in [0.25, 0.3) is 0 Å². The monoisotopic (exact) mass is 296 g/mol. The van der Waals surface area contributed by atoms with Crippen LogP contribution in [-0.4, -0.2) is 23.0 Å². The van der Waals surface area contributed by atoms with E-state index in [0.29, 0.717) is 0 Å². The van der Waals surface area contributed by atoms with E-state index in [-0.39, 0.29) is 0 Å². The van der Waals surface area contributed by atoms with E-state index in [0.717, 1.165) is 28.7 Å². The molecule has 2 nitrogen and oxygen atoms in total. The molecule has 1 aliphatic carbocycles. The van der Waals surface area contributed by atoms with Crippen molar-refractivity contribution in [3.63, 3.8) is 0 Å². The molecule has 0 spiro atoms. The van der Waals surface area contributed by atoms with Crippen LogP contribution < -0.4 is 0 Å². The Hall–Kier alpha value is -0.410. The molecule has 2 rings (SSSR count). The van der Waals surface area contributed by atoms with Gasteiger partial charge in [0.05, 0.1) is 5.69 Å². The minimum atomic E-state index is 0.747. The number of nitrogens with zero attached hydrogens (tertiary/aromatic N) is 2. The van der Waals surface area contributed by atoms with E-state index in [2.05, 4.69) is 51.9 Å². The van der Waals surface area contributed by atoms with Crippen LogP contribution in [0.1, 0.15) is 38.3 Å². The van der Waals surface area contributed by atoms with Gasteiger partial charge in [-0.05, 0) is 66.7 Å². The third kappa shape index (κ3) is 3.78. The zero-order valence-electron chi connectivity index (χ0n) is 10.7. The van der Waals surface area contributed by atoms with Crippen molar-refractivity contribution in [1.29, 1.82) is 0 Å². The molecule has 3 heteroatoms. The summed E-state index contributed by atoms with van der Waals surface area (Å²) in [6.07, 6.45) is 7.32. The average Bonchev–Trinajstić information content (AvgIpc) is 2.33. The lowest BCUT2D eigenvalue weighted by Gasteiger charge is -2.33. The molecular weight excluding hydrogens is 276 g/mol. The number of hydrogen-bond acceptors (Lipinski definition) is 2. The summed E-state index contributed by atoms with van der Waals surface area (Å²) in [5.74, 6) is 0.922. The van der Waals surface area contributed by atoms with E-state index < -0.39 is 0 Å². The van der Waals surface area contributed by atoms with Gasteiger partial charge in [0.1, 0.15) is 0 Å². The molecule has 1 saturated carbocycles. The van der Waals surface area contributed by atoms with Gasteiger partial charge in [-0.15, -0.1) is 0 Å².